The van der Waals surface area contributed by atoms with Crippen molar-refractivity contribution >= 4 is 22.4 Å². The molecule has 6 heteroatoms. The van der Waals surface area contributed by atoms with Gasteiger partial charge in [-0.3, -0.25) is 9.59 Å². The van der Waals surface area contributed by atoms with Crippen LogP contribution >= 0.6 is 0 Å². The van der Waals surface area contributed by atoms with E-state index in [1.165, 1.54) is 36.2 Å². The third-order valence-electron chi connectivity index (χ3n) is 6.38. The molecule has 0 bridgehead atoms. The number of fused-ring (bicyclic) bond motifs is 1. The number of piperidine rings is 1. The fraction of sp³-hybridized carbons (Fsp3) is 0.400. The molecule has 1 amide bonds. The third kappa shape index (κ3) is 5.20. The number of amides is 1. The van der Waals surface area contributed by atoms with Gasteiger partial charge in [0.15, 0.2) is 0 Å². The molecule has 0 aliphatic carbocycles. The number of anilines is 1. The van der Waals surface area contributed by atoms with Crippen molar-refractivity contribution in [1.29, 1.82) is 0 Å². The highest BCUT2D eigenvalue weighted by Crippen LogP contribution is 2.27. The van der Waals surface area contributed by atoms with E-state index in [4.69, 9.17) is 0 Å². The molecule has 1 fully saturated rings. The van der Waals surface area contributed by atoms with Crippen LogP contribution < -0.4 is 10.9 Å². The van der Waals surface area contributed by atoms with E-state index in [2.05, 4.69) is 41.4 Å². The zero-order valence-electron chi connectivity index (χ0n) is 18.3. The first-order valence-corrected chi connectivity index (χ1v) is 11.0. The Morgan fingerprint density at radius 3 is 2.71 bits per heavy atom. The average Bonchev–Trinajstić information content (AvgIpc) is 2.76. The first-order valence-electron chi connectivity index (χ1n) is 11.0. The van der Waals surface area contributed by atoms with E-state index in [9.17, 15) is 9.59 Å². The SMILES string of the molecule is C[C@H]1CN(C)CC[C@H]1CCc1ccc(NC(=O)Cn2ncc3ccccc3c2=O)cc1. The molecular weight excluding hydrogens is 388 g/mol. The summed E-state index contributed by atoms with van der Waals surface area (Å²) in [7, 11) is 2.20. The number of nitrogens with one attached hydrogen (secondary N) is 1. The van der Waals surface area contributed by atoms with Crippen molar-refractivity contribution in [2.75, 3.05) is 25.5 Å². The molecule has 2 heterocycles. The van der Waals surface area contributed by atoms with Crippen LogP contribution in [0.25, 0.3) is 10.8 Å². The molecule has 1 saturated heterocycles. The maximum atomic E-state index is 12.5. The maximum absolute atomic E-state index is 12.5. The smallest absolute Gasteiger partial charge is 0.275 e. The van der Waals surface area contributed by atoms with E-state index in [0.29, 0.717) is 5.39 Å². The van der Waals surface area contributed by atoms with Crippen molar-refractivity contribution in [1.82, 2.24) is 14.7 Å². The summed E-state index contributed by atoms with van der Waals surface area (Å²) in [5, 5.41) is 8.32. The Kier molecular flexibility index (Phi) is 6.47. The molecule has 0 saturated carbocycles. The van der Waals surface area contributed by atoms with Gasteiger partial charge < -0.3 is 10.2 Å². The Morgan fingerprint density at radius 1 is 1.16 bits per heavy atom. The van der Waals surface area contributed by atoms with Gasteiger partial charge in [0.1, 0.15) is 6.54 Å². The number of likely N-dealkylation sites (tertiary alicyclic amines) is 1. The van der Waals surface area contributed by atoms with Crippen molar-refractivity contribution in [3.8, 4) is 0 Å². The molecule has 4 rings (SSSR count). The van der Waals surface area contributed by atoms with Gasteiger partial charge in [0.25, 0.3) is 5.56 Å². The predicted octanol–water partition coefficient (Wildman–Crippen LogP) is 3.56. The van der Waals surface area contributed by atoms with E-state index in [-0.39, 0.29) is 18.0 Å². The molecule has 1 aliphatic rings. The van der Waals surface area contributed by atoms with Crippen LogP contribution in [0, 0.1) is 11.8 Å². The molecule has 1 N–H and O–H groups in total. The fourth-order valence-electron chi connectivity index (χ4n) is 4.52. The lowest BCUT2D eigenvalue weighted by Crippen LogP contribution is -2.36. The van der Waals surface area contributed by atoms with Crippen molar-refractivity contribution in [3.05, 3.63) is 70.6 Å². The Hall–Kier alpha value is -2.99. The molecule has 3 aromatic rings. The Bertz CT molecular complexity index is 1110. The van der Waals surface area contributed by atoms with Gasteiger partial charge >= 0.3 is 0 Å². The quantitative estimate of drug-likeness (QED) is 0.665. The minimum absolute atomic E-state index is 0.112. The highest BCUT2D eigenvalue weighted by molar-refractivity contribution is 5.90. The molecule has 0 spiro atoms. The van der Waals surface area contributed by atoms with Gasteiger partial charge in [-0.15, -0.1) is 0 Å². The van der Waals surface area contributed by atoms with Crippen molar-refractivity contribution in [3.63, 3.8) is 0 Å². The van der Waals surface area contributed by atoms with Crippen molar-refractivity contribution in [2.45, 2.75) is 32.7 Å². The molecule has 6 nitrogen and oxygen atoms in total. The van der Waals surface area contributed by atoms with Crippen LogP contribution in [0.4, 0.5) is 5.69 Å². The highest BCUT2D eigenvalue weighted by Gasteiger charge is 2.23. The van der Waals surface area contributed by atoms with Gasteiger partial charge in [-0.05, 0) is 68.5 Å². The molecule has 2 aromatic carbocycles. The lowest BCUT2D eigenvalue weighted by Gasteiger charge is -2.34. The second-order valence-electron chi connectivity index (χ2n) is 8.77. The van der Waals surface area contributed by atoms with Crippen LogP contribution in [0.1, 0.15) is 25.3 Å². The second kappa shape index (κ2) is 9.43. The lowest BCUT2D eigenvalue weighted by atomic mass is 9.83. The van der Waals surface area contributed by atoms with Crippen LogP contribution in [-0.2, 0) is 17.8 Å². The number of aryl methyl sites for hydroxylation is 1. The largest absolute Gasteiger partial charge is 0.324 e. The number of carbonyl (C=O) groups excluding carboxylic acids is 1. The molecule has 0 radical (unpaired) electrons. The van der Waals surface area contributed by atoms with Crippen LogP contribution in [0.15, 0.2) is 59.5 Å². The number of nitrogens with zero attached hydrogens (tertiary/aromatic N) is 3. The van der Waals surface area contributed by atoms with Crippen molar-refractivity contribution in [2.24, 2.45) is 11.8 Å². The molecular formula is C25H30N4O2. The summed E-state index contributed by atoms with van der Waals surface area (Å²) in [5.41, 5.74) is 1.76. The third-order valence-corrected chi connectivity index (χ3v) is 6.38. The topological polar surface area (TPSA) is 67.2 Å². The number of rotatable bonds is 6. The monoisotopic (exact) mass is 418 g/mol. The molecule has 31 heavy (non-hydrogen) atoms. The van der Waals surface area contributed by atoms with Gasteiger partial charge in [-0.1, -0.05) is 37.3 Å². The summed E-state index contributed by atoms with van der Waals surface area (Å²) in [4.78, 5) is 27.4. The molecule has 162 valence electrons. The normalized spacial score (nSPS) is 19.4. The minimum Gasteiger partial charge on any atom is -0.324 e. The number of carbonyl (C=O) groups is 1. The van der Waals surface area contributed by atoms with Gasteiger partial charge in [0.2, 0.25) is 5.91 Å². The Balaban J connectivity index is 1.32. The van der Waals surface area contributed by atoms with Gasteiger partial charge in [-0.2, -0.15) is 5.10 Å². The summed E-state index contributed by atoms with van der Waals surface area (Å²) < 4.78 is 1.20. The zero-order valence-corrected chi connectivity index (χ0v) is 18.3. The lowest BCUT2D eigenvalue weighted by molar-refractivity contribution is -0.117. The van der Waals surface area contributed by atoms with Crippen LogP contribution in [0.5, 0.6) is 0 Å². The standard InChI is InChI=1S/C25H30N4O2/c1-18-16-28(2)14-13-20(18)10-7-19-8-11-22(12-9-19)27-24(30)17-29-25(31)23-6-4-3-5-21(23)15-26-29/h3-6,8-9,11-12,15,18,20H,7,10,13-14,16-17H2,1-2H3,(H,27,30)/t18-,20+/m0/s1. The van der Waals surface area contributed by atoms with Crippen LogP contribution in [-0.4, -0.2) is 40.7 Å². The Morgan fingerprint density at radius 2 is 1.94 bits per heavy atom. The van der Waals surface area contributed by atoms with E-state index >= 15 is 0 Å². The summed E-state index contributed by atoms with van der Waals surface area (Å²) in [5.74, 6) is 1.26. The maximum Gasteiger partial charge on any atom is 0.275 e. The summed E-state index contributed by atoms with van der Waals surface area (Å²) in [6.45, 7) is 4.62. The zero-order chi connectivity index (χ0) is 21.8. The van der Waals surface area contributed by atoms with Gasteiger partial charge in [0, 0.05) is 17.6 Å². The Labute approximate surface area is 182 Å². The summed E-state index contributed by atoms with van der Waals surface area (Å²) in [6, 6.07) is 15.3. The van der Waals surface area contributed by atoms with E-state index < -0.39 is 0 Å². The summed E-state index contributed by atoms with van der Waals surface area (Å²) in [6.07, 6.45) is 5.15. The van der Waals surface area contributed by atoms with E-state index in [1.807, 2.05) is 30.3 Å². The number of benzene rings is 2. The number of hydrogen-bond acceptors (Lipinski definition) is 4. The average molecular weight is 419 g/mol. The van der Waals surface area contributed by atoms with Gasteiger partial charge in [-0.25, -0.2) is 4.68 Å². The number of hydrogen-bond donors (Lipinski definition) is 1. The highest BCUT2D eigenvalue weighted by atomic mass is 16.2. The van der Waals surface area contributed by atoms with E-state index in [1.54, 1.807) is 12.3 Å². The van der Waals surface area contributed by atoms with Gasteiger partial charge in [0.05, 0.1) is 11.6 Å². The van der Waals surface area contributed by atoms with Crippen molar-refractivity contribution < 1.29 is 4.79 Å². The predicted molar refractivity (Wildman–Crippen MR) is 124 cm³/mol. The fourth-order valence-corrected chi connectivity index (χ4v) is 4.52. The number of aromatic nitrogens is 2. The molecule has 0 unspecified atom stereocenters. The van der Waals surface area contributed by atoms with Crippen LogP contribution in [0.3, 0.4) is 0 Å². The second-order valence-corrected chi connectivity index (χ2v) is 8.77. The molecule has 1 aliphatic heterocycles. The molecule has 1 aromatic heterocycles. The first-order chi connectivity index (χ1) is 15.0. The van der Waals surface area contributed by atoms with E-state index in [0.717, 1.165) is 29.3 Å². The summed E-state index contributed by atoms with van der Waals surface area (Å²) >= 11 is 0. The first kappa shape index (κ1) is 21.2. The van der Waals surface area contributed by atoms with Crippen LogP contribution in [0.2, 0.25) is 0 Å². The molecule has 2 atom stereocenters. The minimum atomic E-state index is -0.266.